The Labute approximate surface area is 136 Å². The molecule has 1 unspecified atom stereocenters. The van der Waals surface area contributed by atoms with Crippen molar-refractivity contribution in [3.8, 4) is 11.5 Å². The number of hydrogen-bond acceptors (Lipinski definition) is 5. The standard InChI is InChI=1S/C16H24N2O3S/c1-3-21-15-8-12(4-5-14(15)20-2)10-18-16(19)9-13-11-22-7-6-17-13/h4-5,8,13,17H,3,6-7,9-11H2,1-2H3,(H,18,19). The van der Waals surface area contributed by atoms with E-state index < -0.39 is 0 Å². The number of methoxy groups -OCH3 is 1. The fourth-order valence-electron chi connectivity index (χ4n) is 2.35. The van der Waals surface area contributed by atoms with Crippen LogP contribution in [0, 0.1) is 0 Å². The first-order valence-corrected chi connectivity index (χ1v) is 8.76. The van der Waals surface area contributed by atoms with Crippen LogP contribution < -0.4 is 20.1 Å². The Morgan fingerprint density at radius 1 is 1.45 bits per heavy atom. The van der Waals surface area contributed by atoms with Crippen molar-refractivity contribution in [3.05, 3.63) is 23.8 Å². The molecule has 1 aliphatic heterocycles. The Hall–Kier alpha value is -1.40. The second-order valence-electron chi connectivity index (χ2n) is 5.13. The largest absolute Gasteiger partial charge is 0.493 e. The van der Waals surface area contributed by atoms with Gasteiger partial charge in [-0.15, -0.1) is 0 Å². The zero-order chi connectivity index (χ0) is 15.8. The maximum absolute atomic E-state index is 12.0. The Kier molecular flexibility index (Phi) is 6.86. The van der Waals surface area contributed by atoms with E-state index in [0.29, 0.717) is 31.1 Å². The van der Waals surface area contributed by atoms with Crippen LogP contribution >= 0.6 is 11.8 Å². The molecule has 2 N–H and O–H groups in total. The number of carbonyl (C=O) groups excluding carboxylic acids is 1. The van der Waals surface area contributed by atoms with Gasteiger partial charge in [0.05, 0.1) is 13.7 Å². The minimum absolute atomic E-state index is 0.0776. The van der Waals surface area contributed by atoms with Gasteiger partial charge in [0.1, 0.15) is 0 Å². The molecule has 0 bridgehead atoms. The Morgan fingerprint density at radius 3 is 3.00 bits per heavy atom. The normalized spacial score (nSPS) is 17.8. The van der Waals surface area contributed by atoms with Gasteiger partial charge in [0.25, 0.3) is 0 Å². The van der Waals surface area contributed by atoms with Gasteiger partial charge in [0, 0.05) is 37.1 Å². The lowest BCUT2D eigenvalue weighted by molar-refractivity contribution is -0.121. The van der Waals surface area contributed by atoms with E-state index in [1.807, 2.05) is 36.9 Å². The van der Waals surface area contributed by atoms with Gasteiger partial charge in [-0.3, -0.25) is 4.79 Å². The molecule has 0 spiro atoms. The van der Waals surface area contributed by atoms with Gasteiger partial charge in [0.2, 0.25) is 5.91 Å². The molecule has 1 atom stereocenters. The molecule has 1 amide bonds. The average Bonchev–Trinajstić information content (AvgIpc) is 2.54. The van der Waals surface area contributed by atoms with Crippen LogP contribution in [0.4, 0.5) is 0 Å². The first kappa shape index (κ1) is 17.0. The van der Waals surface area contributed by atoms with E-state index in [1.54, 1.807) is 7.11 Å². The highest BCUT2D eigenvalue weighted by molar-refractivity contribution is 7.99. The predicted octanol–water partition coefficient (Wildman–Crippen LogP) is 1.81. The minimum atomic E-state index is 0.0776. The second kappa shape index (κ2) is 8.90. The van der Waals surface area contributed by atoms with Crippen LogP contribution in [0.3, 0.4) is 0 Å². The summed E-state index contributed by atoms with van der Waals surface area (Å²) in [6.07, 6.45) is 0.529. The molecule has 1 aliphatic rings. The van der Waals surface area contributed by atoms with Crippen molar-refractivity contribution in [2.45, 2.75) is 25.9 Å². The lowest BCUT2D eigenvalue weighted by Crippen LogP contribution is -2.41. The summed E-state index contributed by atoms with van der Waals surface area (Å²) in [6.45, 7) is 4.00. The van der Waals surface area contributed by atoms with Crippen LogP contribution in [-0.2, 0) is 11.3 Å². The third kappa shape index (κ3) is 5.10. The fraction of sp³-hybridized carbons (Fsp3) is 0.562. The van der Waals surface area contributed by atoms with Gasteiger partial charge in [-0.25, -0.2) is 0 Å². The molecule has 2 rings (SSSR count). The molecule has 0 radical (unpaired) electrons. The summed E-state index contributed by atoms with van der Waals surface area (Å²) in [6, 6.07) is 6.01. The SMILES string of the molecule is CCOc1cc(CNC(=O)CC2CSCCN2)ccc1OC. The van der Waals surface area contributed by atoms with Crippen molar-refractivity contribution in [3.63, 3.8) is 0 Å². The summed E-state index contributed by atoms with van der Waals surface area (Å²) < 4.78 is 10.8. The average molecular weight is 324 g/mol. The van der Waals surface area contributed by atoms with Crippen LogP contribution in [0.5, 0.6) is 11.5 Å². The van der Waals surface area contributed by atoms with E-state index >= 15 is 0 Å². The summed E-state index contributed by atoms with van der Waals surface area (Å²) in [5, 5.41) is 6.34. The lowest BCUT2D eigenvalue weighted by Gasteiger charge is -2.22. The van der Waals surface area contributed by atoms with E-state index in [9.17, 15) is 4.79 Å². The minimum Gasteiger partial charge on any atom is -0.493 e. The summed E-state index contributed by atoms with van der Waals surface area (Å²) in [7, 11) is 1.62. The molecule has 1 aromatic rings. The Morgan fingerprint density at radius 2 is 2.32 bits per heavy atom. The second-order valence-corrected chi connectivity index (χ2v) is 6.27. The van der Waals surface area contributed by atoms with Gasteiger partial charge in [-0.1, -0.05) is 6.07 Å². The molecule has 22 heavy (non-hydrogen) atoms. The summed E-state index contributed by atoms with van der Waals surface area (Å²) in [4.78, 5) is 12.0. The molecule has 122 valence electrons. The van der Waals surface area contributed by atoms with Crippen molar-refractivity contribution in [1.82, 2.24) is 10.6 Å². The highest BCUT2D eigenvalue weighted by atomic mass is 32.2. The lowest BCUT2D eigenvalue weighted by atomic mass is 10.2. The van der Waals surface area contributed by atoms with E-state index in [0.717, 1.165) is 23.6 Å². The predicted molar refractivity (Wildman–Crippen MR) is 89.7 cm³/mol. The molecule has 5 nitrogen and oxygen atoms in total. The molecule has 1 fully saturated rings. The highest BCUT2D eigenvalue weighted by Crippen LogP contribution is 2.27. The molecule has 6 heteroatoms. The number of carbonyl (C=O) groups is 1. The zero-order valence-corrected chi connectivity index (χ0v) is 14.0. The van der Waals surface area contributed by atoms with E-state index in [2.05, 4.69) is 10.6 Å². The summed E-state index contributed by atoms with van der Waals surface area (Å²) in [5.74, 6) is 3.63. The number of thioether (sulfide) groups is 1. The molecule has 1 saturated heterocycles. The molecule has 0 aliphatic carbocycles. The number of rotatable bonds is 7. The molecule has 0 aromatic heterocycles. The molecular weight excluding hydrogens is 300 g/mol. The van der Waals surface area contributed by atoms with Gasteiger partial charge in [0.15, 0.2) is 11.5 Å². The van der Waals surface area contributed by atoms with Crippen molar-refractivity contribution in [2.75, 3.05) is 31.8 Å². The van der Waals surface area contributed by atoms with Gasteiger partial charge in [-0.05, 0) is 24.6 Å². The van der Waals surface area contributed by atoms with E-state index in [4.69, 9.17) is 9.47 Å². The number of nitrogens with one attached hydrogen (secondary N) is 2. The molecule has 1 aromatic carbocycles. The van der Waals surface area contributed by atoms with Crippen molar-refractivity contribution in [1.29, 1.82) is 0 Å². The molecule has 0 saturated carbocycles. The molecular formula is C16H24N2O3S. The highest BCUT2D eigenvalue weighted by Gasteiger charge is 2.16. The Bertz CT molecular complexity index is 490. The van der Waals surface area contributed by atoms with Crippen molar-refractivity contribution >= 4 is 17.7 Å². The first-order chi connectivity index (χ1) is 10.7. The summed E-state index contributed by atoms with van der Waals surface area (Å²) in [5.41, 5.74) is 1.00. The third-order valence-electron chi connectivity index (χ3n) is 3.45. The third-order valence-corrected chi connectivity index (χ3v) is 4.58. The molecule has 1 heterocycles. The maximum Gasteiger partial charge on any atom is 0.221 e. The van der Waals surface area contributed by atoms with Crippen LogP contribution in [-0.4, -0.2) is 43.7 Å². The van der Waals surface area contributed by atoms with Crippen molar-refractivity contribution < 1.29 is 14.3 Å². The quantitative estimate of drug-likeness (QED) is 0.801. The summed E-state index contributed by atoms with van der Waals surface area (Å²) >= 11 is 1.90. The smallest absolute Gasteiger partial charge is 0.221 e. The maximum atomic E-state index is 12.0. The van der Waals surface area contributed by atoms with Gasteiger partial charge < -0.3 is 20.1 Å². The number of amides is 1. The van der Waals surface area contributed by atoms with Crippen LogP contribution in [0.15, 0.2) is 18.2 Å². The topological polar surface area (TPSA) is 59.6 Å². The van der Waals surface area contributed by atoms with Crippen LogP contribution in [0.1, 0.15) is 18.9 Å². The Balaban J connectivity index is 1.84. The van der Waals surface area contributed by atoms with Crippen molar-refractivity contribution in [2.24, 2.45) is 0 Å². The van der Waals surface area contributed by atoms with Gasteiger partial charge in [-0.2, -0.15) is 11.8 Å². The van der Waals surface area contributed by atoms with E-state index in [-0.39, 0.29) is 11.9 Å². The van der Waals surface area contributed by atoms with E-state index in [1.165, 1.54) is 0 Å². The first-order valence-electron chi connectivity index (χ1n) is 7.60. The number of benzene rings is 1. The van der Waals surface area contributed by atoms with Gasteiger partial charge >= 0.3 is 0 Å². The zero-order valence-electron chi connectivity index (χ0n) is 13.2. The monoisotopic (exact) mass is 324 g/mol. The van der Waals surface area contributed by atoms with Crippen LogP contribution in [0.2, 0.25) is 0 Å². The number of ether oxygens (including phenoxy) is 2. The number of hydrogen-bond donors (Lipinski definition) is 2. The van der Waals surface area contributed by atoms with Crippen LogP contribution in [0.25, 0.3) is 0 Å². The fourth-order valence-corrected chi connectivity index (χ4v) is 3.30.